The second kappa shape index (κ2) is 9.07. The SMILES string of the molecule is CCOC(=O)CN(c1cc(Cl)ccc1C)S(=O)(=O)c1ccc(NC(C)=O)cc1. The number of halogens is 1. The van der Waals surface area contributed by atoms with Gasteiger partial charge in [0.1, 0.15) is 6.54 Å². The van der Waals surface area contributed by atoms with Crippen LogP contribution in [0.2, 0.25) is 5.02 Å². The number of benzene rings is 2. The third-order valence-electron chi connectivity index (χ3n) is 3.78. The Hall–Kier alpha value is -2.58. The maximum Gasteiger partial charge on any atom is 0.326 e. The van der Waals surface area contributed by atoms with Crippen molar-refractivity contribution in [2.24, 2.45) is 0 Å². The lowest BCUT2D eigenvalue weighted by Crippen LogP contribution is -2.37. The first-order valence-electron chi connectivity index (χ1n) is 8.47. The van der Waals surface area contributed by atoms with Gasteiger partial charge in [-0.15, -0.1) is 0 Å². The molecule has 0 radical (unpaired) electrons. The molecule has 0 unspecified atom stereocenters. The van der Waals surface area contributed by atoms with Gasteiger partial charge in [-0.3, -0.25) is 13.9 Å². The summed E-state index contributed by atoms with van der Waals surface area (Å²) >= 11 is 6.05. The second-order valence-corrected chi connectivity index (χ2v) is 8.25. The zero-order valence-corrected chi connectivity index (χ0v) is 17.3. The van der Waals surface area contributed by atoms with Crippen LogP contribution < -0.4 is 9.62 Å². The van der Waals surface area contributed by atoms with Gasteiger partial charge in [0.25, 0.3) is 10.0 Å². The Morgan fingerprint density at radius 3 is 2.36 bits per heavy atom. The Morgan fingerprint density at radius 1 is 1.14 bits per heavy atom. The Morgan fingerprint density at radius 2 is 1.79 bits per heavy atom. The minimum atomic E-state index is -4.09. The van der Waals surface area contributed by atoms with E-state index in [0.29, 0.717) is 16.3 Å². The fraction of sp³-hybridized carbons (Fsp3) is 0.263. The zero-order valence-electron chi connectivity index (χ0n) is 15.7. The molecule has 150 valence electrons. The first-order valence-corrected chi connectivity index (χ1v) is 10.3. The van der Waals surface area contributed by atoms with Gasteiger partial charge >= 0.3 is 5.97 Å². The molecule has 2 aromatic rings. The molecule has 1 amide bonds. The third kappa shape index (κ3) is 5.24. The van der Waals surface area contributed by atoms with E-state index in [0.717, 1.165) is 4.31 Å². The lowest BCUT2D eigenvalue weighted by Gasteiger charge is -2.25. The van der Waals surface area contributed by atoms with Crippen LogP contribution in [0.15, 0.2) is 47.4 Å². The van der Waals surface area contributed by atoms with E-state index in [-0.39, 0.29) is 23.1 Å². The van der Waals surface area contributed by atoms with Crippen LogP contribution in [0.3, 0.4) is 0 Å². The van der Waals surface area contributed by atoms with Crippen molar-refractivity contribution >= 4 is 44.9 Å². The topological polar surface area (TPSA) is 92.8 Å². The average Bonchev–Trinajstić information content (AvgIpc) is 2.62. The van der Waals surface area contributed by atoms with Gasteiger partial charge in [-0.1, -0.05) is 17.7 Å². The van der Waals surface area contributed by atoms with E-state index < -0.39 is 22.5 Å². The number of esters is 1. The highest BCUT2D eigenvalue weighted by Gasteiger charge is 2.29. The lowest BCUT2D eigenvalue weighted by atomic mass is 10.2. The quantitative estimate of drug-likeness (QED) is 0.688. The summed E-state index contributed by atoms with van der Waals surface area (Å²) in [6.45, 7) is 4.35. The summed E-state index contributed by atoms with van der Waals surface area (Å²) in [6, 6.07) is 10.5. The number of aryl methyl sites for hydroxylation is 1. The summed E-state index contributed by atoms with van der Waals surface area (Å²) in [5.41, 5.74) is 1.38. The van der Waals surface area contributed by atoms with Crippen LogP contribution in [0.25, 0.3) is 0 Å². The average molecular weight is 425 g/mol. The highest BCUT2D eigenvalue weighted by atomic mass is 35.5. The number of carbonyl (C=O) groups is 2. The third-order valence-corrected chi connectivity index (χ3v) is 5.79. The fourth-order valence-corrected chi connectivity index (χ4v) is 4.15. The lowest BCUT2D eigenvalue weighted by molar-refractivity contribution is -0.141. The maximum atomic E-state index is 13.3. The summed E-state index contributed by atoms with van der Waals surface area (Å²) in [6.07, 6.45) is 0. The monoisotopic (exact) mass is 424 g/mol. The van der Waals surface area contributed by atoms with E-state index in [9.17, 15) is 18.0 Å². The normalized spacial score (nSPS) is 11.0. The maximum absolute atomic E-state index is 13.3. The Balaban J connectivity index is 2.49. The number of rotatable bonds is 7. The van der Waals surface area contributed by atoms with Crippen LogP contribution in [0.1, 0.15) is 19.4 Å². The Labute approximate surface area is 169 Å². The summed E-state index contributed by atoms with van der Waals surface area (Å²) in [7, 11) is -4.09. The zero-order chi connectivity index (χ0) is 20.9. The Kier molecular flexibility index (Phi) is 7.04. The summed E-state index contributed by atoms with van der Waals surface area (Å²) in [4.78, 5) is 23.2. The molecule has 0 aromatic heterocycles. The van der Waals surface area contributed by atoms with Crippen molar-refractivity contribution in [2.45, 2.75) is 25.7 Å². The molecule has 0 aliphatic rings. The van der Waals surface area contributed by atoms with Crippen molar-refractivity contribution in [1.29, 1.82) is 0 Å². The van der Waals surface area contributed by atoms with Crippen molar-refractivity contribution in [3.8, 4) is 0 Å². The number of amides is 1. The molecule has 28 heavy (non-hydrogen) atoms. The number of carbonyl (C=O) groups excluding carboxylic acids is 2. The number of hydrogen-bond acceptors (Lipinski definition) is 5. The van der Waals surface area contributed by atoms with Gasteiger partial charge in [-0.05, 0) is 55.8 Å². The molecule has 0 aliphatic carbocycles. The Bertz CT molecular complexity index is 974. The van der Waals surface area contributed by atoms with Gasteiger partial charge in [0.05, 0.1) is 17.2 Å². The van der Waals surface area contributed by atoms with Gasteiger partial charge in [-0.2, -0.15) is 0 Å². The molecule has 0 bridgehead atoms. The van der Waals surface area contributed by atoms with Gasteiger partial charge < -0.3 is 10.1 Å². The molecule has 0 heterocycles. The molecule has 0 spiro atoms. The molecule has 1 N–H and O–H groups in total. The number of ether oxygens (including phenoxy) is 1. The van der Waals surface area contributed by atoms with E-state index in [1.54, 1.807) is 26.0 Å². The van der Waals surface area contributed by atoms with Gasteiger partial charge in [0.15, 0.2) is 0 Å². The fourth-order valence-electron chi connectivity index (χ4n) is 2.52. The summed E-state index contributed by atoms with van der Waals surface area (Å²) < 4.78 is 32.4. The highest BCUT2D eigenvalue weighted by Crippen LogP contribution is 2.30. The molecule has 0 saturated heterocycles. The minimum absolute atomic E-state index is 0.0368. The molecule has 2 rings (SSSR count). The highest BCUT2D eigenvalue weighted by molar-refractivity contribution is 7.92. The molecule has 7 nitrogen and oxygen atoms in total. The molecule has 0 fully saturated rings. The van der Waals surface area contributed by atoms with E-state index in [1.165, 1.54) is 37.3 Å². The molecule has 0 atom stereocenters. The van der Waals surface area contributed by atoms with Crippen LogP contribution in [0.5, 0.6) is 0 Å². The van der Waals surface area contributed by atoms with E-state index >= 15 is 0 Å². The number of nitrogens with zero attached hydrogens (tertiary/aromatic N) is 1. The van der Waals surface area contributed by atoms with Crippen molar-refractivity contribution in [1.82, 2.24) is 0 Å². The van der Waals surface area contributed by atoms with E-state index in [4.69, 9.17) is 16.3 Å². The second-order valence-electron chi connectivity index (χ2n) is 5.95. The number of nitrogens with one attached hydrogen (secondary N) is 1. The van der Waals surface area contributed by atoms with Gasteiger partial charge in [-0.25, -0.2) is 8.42 Å². The minimum Gasteiger partial charge on any atom is -0.465 e. The summed E-state index contributed by atoms with van der Waals surface area (Å²) in [5, 5.41) is 2.91. The first kappa shape index (κ1) is 21.7. The van der Waals surface area contributed by atoms with Crippen molar-refractivity contribution in [2.75, 3.05) is 22.8 Å². The number of hydrogen-bond donors (Lipinski definition) is 1. The van der Waals surface area contributed by atoms with Crippen LogP contribution >= 0.6 is 11.6 Å². The smallest absolute Gasteiger partial charge is 0.326 e. The van der Waals surface area contributed by atoms with Gasteiger partial charge in [0.2, 0.25) is 5.91 Å². The number of sulfonamides is 1. The molecule has 9 heteroatoms. The van der Waals surface area contributed by atoms with Crippen LogP contribution in [0.4, 0.5) is 11.4 Å². The molecule has 0 saturated carbocycles. The molecule has 0 aliphatic heterocycles. The van der Waals surface area contributed by atoms with Gasteiger partial charge in [0, 0.05) is 17.6 Å². The van der Waals surface area contributed by atoms with Crippen molar-refractivity contribution < 1.29 is 22.7 Å². The molecule has 2 aromatic carbocycles. The van der Waals surface area contributed by atoms with E-state index in [1.807, 2.05) is 0 Å². The van der Waals surface area contributed by atoms with Crippen LogP contribution in [0, 0.1) is 6.92 Å². The van der Waals surface area contributed by atoms with Crippen molar-refractivity contribution in [3.05, 3.63) is 53.1 Å². The standard InChI is InChI=1S/C19H21ClN2O5S/c1-4-27-19(24)12-22(18-11-15(20)6-5-13(18)2)28(25,26)17-9-7-16(8-10-17)21-14(3)23/h5-11H,4,12H2,1-3H3,(H,21,23). The van der Waals surface area contributed by atoms with Crippen LogP contribution in [-0.4, -0.2) is 33.4 Å². The predicted octanol–water partition coefficient (Wildman–Crippen LogP) is 3.37. The van der Waals surface area contributed by atoms with Crippen LogP contribution in [-0.2, 0) is 24.3 Å². The van der Waals surface area contributed by atoms with Crippen molar-refractivity contribution in [3.63, 3.8) is 0 Å². The first-order chi connectivity index (χ1) is 13.1. The largest absolute Gasteiger partial charge is 0.465 e. The molecular weight excluding hydrogens is 404 g/mol. The van der Waals surface area contributed by atoms with E-state index in [2.05, 4.69) is 5.32 Å². The number of anilines is 2. The predicted molar refractivity (Wildman–Crippen MR) is 108 cm³/mol. The summed E-state index contributed by atoms with van der Waals surface area (Å²) in [5.74, 6) is -0.950. The molecular formula is C19H21ClN2O5S.